The van der Waals surface area contributed by atoms with Crippen molar-refractivity contribution in [2.24, 2.45) is 5.92 Å². The third kappa shape index (κ3) is 3.08. The van der Waals surface area contributed by atoms with Crippen LogP contribution in [0.1, 0.15) is 34.2 Å². The highest BCUT2D eigenvalue weighted by Crippen LogP contribution is 2.39. The Labute approximate surface area is 147 Å². The zero-order valence-corrected chi connectivity index (χ0v) is 14.1. The minimum absolute atomic E-state index is 0.126. The largest absolute Gasteiger partial charge is 0.393 e. The van der Waals surface area contributed by atoms with Crippen molar-refractivity contribution in [3.05, 3.63) is 62.8 Å². The summed E-state index contributed by atoms with van der Waals surface area (Å²) in [5, 5.41) is 15.2. The molecule has 0 radical (unpaired) electrons. The lowest BCUT2D eigenvalue weighted by molar-refractivity contribution is 0.0241. The zero-order valence-electron chi connectivity index (χ0n) is 13.3. The summed E-state index contributed by atoms with van der Waals surface area (Å²) in [6.07, 6.45) is 1.02. The minimum Gasteiger partial charge on any atom is -0.393 e. The van der Waals surface area contributed by atoms with Gasteiger partial charge >= 0.3 is 5.69 Å². The standard InChI is InChI=1S/C18H17N3O3S/c22-11-8-10(9-11)15(14-6-3-7-25-14)20-17(23)16-12-4-1-2-5-13(12)19-18(24)21-16/h1-7,10-11,15,22H,8-9H2,(H,20,23)(H,19,21,24)/t10?,11?,15-/m0/s1. The Morgan fingerprint density at radius 3 is 2.80 bits per heavy atom. The summed E-state index contributed by atoms with van der Waals surface area (Å²) in [5.74, 6) is -0.187. The van der Waals surface area contributed by atoms with E-state index in [2.05, 4.69) is 15.3 Å². The van der Waals surface area contributed by atoms with Crippen LogP contribution in [0.3, 0.4) is 0 Å². The molecule has 1 fully saturated rings. The van der Waals surface area contributed by atoms with Crippen molar-refractivity contribution in [1.82, 2.24) is 15.3 Å². The van der Waals surface area contributed by atoms with Crippen LogP contribution in [0.2, 0.25) is 0 Å². The predicted molar refractivity (Wildman–Crippen MR) is 95.6 cm³/mol. The molecule has 0 aliphatic heterocycles. The van der Waals surface area contributed by atoms with Gasteiger partial charge in [0.25, 0.3) is 5.91 Å². The second-order valence-electron chi connectivity index (χ2n) is 6.29. The van der Waals surface area contributed by atoms with Crippen LogP contribution in [0.4, 0.5) is 0 Å². The smallest absolute Gasteiger partial charge is 0.346 e. The molecule has 1 saturated carbocycles. The molecule has 3 aromatic rings. The SMILES string of the molecule is O=C(N[C@H](c1cccs1)C1CC(O)C1)c1nc(=O)[nH]c2ccccc12. The molecule has 1 atom stereocenters. The summed E-state index contributed by atoms with van der Waals surface area (Å²) in [6.45, 7) is 0. The van der Waals surface area contributed by atoms with Gasteiger partial charge in [0.1, 0.15) is 5.69 Å². The van der Waals surface area contributed by atoms with Gasteiger partial charge in [0, 0.05) is 10.3 Å². The number of para-hydroxylation sites is 1. The van der Waals surface area contributed by atoms with Gasteiger partial charge in [-0.05, 0) is 36.3 Å². The Morgan fingerprint density at radius 1 is 1.28 bits per heavy atom. The molecule has 6 nitrogen and oxygen atoms in total. The highest BCUT2D eigenvalue weighted by molar-refractivity contribution is 7.10. The number of aliphatic hydroxyl groups is 1. The van der Waals surface area contributed by atoms with Gasteiger partial charge in [-0.25, -0.2) is 4.79 Å². The Balaban J connectivity index is 1.67. The maximum absolute atomic E-state index is 12.9. The second kappa shape index (κ2) is 6.42. The van der Waals surface area contributed by atoms with E-state index in [9.17, 15) is 14.7 Å². The molecule has 1 aromatic carbocycles. The molecule has 128 valence electrons. The number of aromatic amines is 1. The zero-order chi connectivity index (χ0) is 17.4. The number of thiophene rings is 1. The Bertz CT molecular complexity index is 961. The fraction of sp³-hybridized carbons (Fsp3) is 0.278. The molecule has 1 aliphatic rings. The van der Waals surface area contributed by atoms with Crippen molar-refractivity contribution in [3.8, 4) is 0 Å². The Morgan fingerprint density at radius 2 is 2.08 bits per heavy atom. The van der Waals surface area contributed by atoms with E-state index in [-0.39, 0.29) is 29.7 Å². The third-order valence-electron chi connectivity index (χ3n) is 4.61. The molecule has 0 saturated heterocycles. The van der Waals surface area contributed by atoms with Crippen molar-refractivity contribution in [1.29, 1.82) is 0 Å². The third-order valence-corrected chi connectivity index (χ3v) is 5.56. The maximum Gasteiger partial charge on any atom is 0.346 e. The molecule has 0 unspecified atom stereocenters. The fourth-order valence-electron chi connectivity index (χ4n) is 3.28. The lowest BCUT2D eigenvalue weighted by Gasteiger charge is -2.37. The summed E-state index contributed by atoms with van der Waals surface area (Å²) in [7, 11) is 0. The average molecular weight is 355 g/mol. The number of carbonyl (C=O) groups is 1. The summed E-state index contributed by atoms with van der Waals surface area (Å²) in [4.78, 5) is 32.2. The van der Waals surface area contributed by atoms with Gasteiger partial charge in [-0.15, -0.1) is 11.3 Å². The first-order valence-electron chi connectivity index (χ1n) is 8.13. The van der Waals surface area contributed by atoms with Crippen LogP contribution in [-0.2, 0) is 0 Å². The Kier molecular flexibility index (Phi) is 4.10. The number of amides is 1. The molecule has 2 heterocycles. The number of carbonyl (C=O) groups excluding carboxylic acids is 1. The molecule has 1 amide bonds. The summed E-state index contributed by atoms with van der Waals surface area (Å²) in [5.41, 5.74) is 0.163. The first kappa shape index (κ1) is 16.0. The highest BCUT2D eigenvalue weighted by atomic mass is 32.1. The van der Waals surface area contributed by atoms with Crippen LogP contribution in [0, 0.1) is 5.92 Å². The summed E-state index contributed by atoms with van der Waals surface area (Å²) < 4.78 is 0. The van der Waals surface area contributed by atoms with Gasteiger partial charge in [0.05, 0.1) is 17.7 Å². The van der Waals surface area contributed by atoms with Crippen LogP contribution in [-0.4, -0.2) is 27.1 Å². The van der Waals surface area contributed by atoms with E-state index in [1.54, 1.807) is 35.6 Å². The fourth-order valence-corrected chi connectivity index (χ4v) is 4.15. The lowest BCUT2D eigenvalue weighted by Crippen LogP contribution is -2.41. The number of benzene rings is 1. The van der Waals surface area contributed by atoms with Crippen molar-refractivity contribution in [2.75, 3.05) is 0 Å². The number of aromatic nitrogens is 2. The topological polar surface area (TPSA) is 95.1 Å². The van der Waals surface area contributed by atoms with Gasteiger partial charge in [0.15, 0.2) is 0 Å². The minimum atomic E-state index is -0.546. The number of fused-ring (bicyclic) bond motifs is 1. The van der Waals surface area contributed by atoms with Gasteiger partial charge in [0.2, 0.25) is 0 Å². The number of hydrogen-bond donors (Lipinski definition) is 3. The first-order chi connectivity index (χ1) is 12.1. The van der Waals surface area contributed by atoms with Crippen LogP contribution in [0.25, 0.3) is 10.9 Å². The average Bonchev–Trinajstić information content (AvgIpc) is 3.10. The molecule has 2 aromatic heterocycles. The number of nitrogens with zero attached hydrogens (tertiary/aromatic N) is 1. The first-order valence-corrected chi connectivity index (χ1v) is 9.01. The molecule has 7 heteroatoms. The van der Waals surface area contributed by atoms with Crippen molar-refractivity contribution >= 4 is 28.1 Å². The van der Waals surface area contributed by atoms with E-state index in [4.69, 9.17) is 0 Å². The lowest BCUT2D eigenvalue weighted by atomic mass is 9.76. The van der Waals surface area contributed by atoms with Crippen molar-refractivity contribution < 1.29 is 9.90 Å². The van der Waals surface area contributed by atoms with E-state index in [0.29, 0.717) is 23.7 Å². The monoisotopic (exact) mass is 355 g/mol. The van der Waals surface area contributed by atoms with Crippen LogP contribution >= 0.6 is 11.3 Å². The number of nitrogens with one attached hydrogen (secondary N) is 2. The van der Waals surface area contributed by atoms with Gasteiger partial charge in [-0.1, -0.05) is 24.3 Å². The summed E-state index contributed by atoms with van der Waals surface area (Å²) in [6, 6.07) is 10.8. The molecular formula is C18H17N3O3S. The molecule has 3 N–H and O–H groups in total. The normalized spacial score (nSPS) is 20.8. The van der Waals surface area contributed by atoms with Gasteiger partial charge in [-0.3, -0.25) is 4.79 Å². The van der Waals surface area contributed by atoms with Crippen LogP contribution in [0.15, 0.2) is 46.6 Å². The highest BCUT2D eigenvalue weighted by Gasteiger charge is 2.36. The van der Waals surface area contributed by atoms with E-state index in [1.807, 2.05) is 17.5 Å². The Hall–Kier alpha value is -2.51. The number of aliphatic hydroxyl groups excluding tert-OH is 1. The molecule has 0 bridgehead atoms. The molecule has 0 spiro atoms. The number of H-pyrrole nitrogens is 1. The molecule has 25 heavy (non-hydrogen) atoms. The van der Waals surface area contributed by atoms with Crippen LogP contribution < -0.4 is 11.0 Å². The van der Waals surface area contributed by atoms with Gasteiger partial charge < -0.3 is 15.4 Å². The number of rotatable bonds is 4. The van der Waals surface area contributed by atoms with E-state index >= 15 is 0 Å². The summed E-state index contributed by atoms with van der Waals surface area (Å²) >= 11 is 1.57. The quantitative estimate of drug-likeness (QED) is 0.669. The van der Waals surface area contributed by atoms with Crippen LogP contribution in [0.5, 0.6) is 0 Å². The van der Waals surface area contributed by atoms with Crippen molar-refractivity contribution in [3.63, 3.8) is 0 Å². The van der Waals surface area contributed by atoms with E-state index < -0.39 is 5.69 Å². The molecular weight excluding hydrogens is 338 g/mol. The second-order valence-corrected chi connectivity index (χ2v) is 7.27. The van der Waals surface area contributed by atoms with E-state index in [1.165, 1.54) is 0 Å². The predicted octanol–water partition coefficient (Wildman–Crippen LogP) is 2.23. The molecule has 1 aliphatic carbocycles. The van der Waals surface area contributed by atoms with E-state index in [0.717, 1.165) is 4.88 Å². The maximum atomic E-state index is 12.9. The molecule has 4 rings (SSSR count). The van der Waals surface area contributed by atoms with Crippen molar-refractivity contribution in [2.45, 2.75) is 25.0 Å². The van der Waals surface area contributed by atoms with Gasteiger partial charge in [-0.2, -0.15) is 4.98 Å². The number of hydrogen-bond acceptors (Lipinski definition) is 5.